The van der Waals surface area contributed by atoms with E-state index in [4.69, 9.17) is 10.4 Å². The number of nitrogens with zero attached hydrogens (tertiary/aromatic N) is 1. The number of carboxylic acids is 1. The molecule has 0 aliphatic carbocycles. The number of carboxylic acid groups (broad SMARTS) is 1. The summed E-state index contributed by atoms with van der Waals surface area (Å²) in [5, 5.41) is 31.8. The summed E-state index contributed by atoms with van der Waals surface area (Å²) in [6.45, 7) is 1.82. The van der Waals surface area contributed by atoms with Crippen LogP contribution in [0, 0.1) is 18.3 Å². The van der Waals surface area contributed by atoms with Crippen molar-refractivity contribution in [3.8, 4) is 11.8 Å². The van der Waals surface area contributed by atoms with Crippen LogP contribution in [-0.4, -0.2) is 28.6 Å². The number of amides is 1. The van der Waals surface area contributed by atoms with Crippen LogP contribution in [0.2, 0.25) is 0 Å². The third-order valence-corrected chi connectivity index (χ3v) is 2.55. The van der Waals surface area contributed by atoms with Gasteiger partial charge in [-0.25, -0.2) is 0 Å². The van der Waals surface area contributed by atoms with E-state index in [0.29, 0.717) is 11.3 Å². The lowest BCUT2D eigenvalue weighted by Gasteiger charge is -2.08. The molecule has 0 saturated heterocycles. The second kappa shape index (κ2) is 7.55. The van der Waals surface area contributed by atoms with E-state index in [1.54, 1.807) is 13.0 Å². The molecule has 0 fully saturated rings. The van der Waals surface area contributed by atoms with Crippen molar-refractivity contribution in [1.82, 2.24) is 5.32 Å². The van der Waals surface area contributed by atoms with Gasteiger partial charge in [-0.05, 0) is 30.7 Å². The number of nitriles is 1. The van der Waals surface area contributed by atoms with Gasteiger partial charge in [-0.1, -0.05) is 0 Å². The minimum atomic E-state index is -0.974. The quantitative estimate of drug-likeness (QED) is 0.269. The maximum absolute atomic E-state index is 11.9. The standard InChI is InChI=1S/C14H15N3O4/c1-9-6-11(18)2-3-12(9)17-14(21)10(7-15)8-16-5-4-13(19)20/h2-3,6,8,16,18H,4-5H2,1H3,(H,17,21)(H,19,20)/b10-8-. The molecular weight excluding hydrogens is 274 g/mol. The van der Waals surface area contributed by atoms with Crippen molar-refractivity contribution in [2.24, 2.45) is 0 Å². The fraction of sp³-hybridized carbons (Fsp3) is 0.214. The normalized spacial score (nSPS) is 10.6. The fourth-order valence-corrected chi connectivity index (χ4v) is 1.48. The topological polar surface area (TPSA) is 122 Å². The maximum Gasteiger partial charge on any atom is 0.305 e. The molecule has 110 valence electrons. The van der Waals surface area contributed by atoms with Crippen LogP contribution in [0.3, 0.4) is 0 Å². The molecule has 0 spiro atoms. The molecule has 1 aromatic carbocycles. The van der Waals surface area contributed by atoms with E-state index in [2.05, 4.69) is 10.6 Å². The summed E-state index contributed by atoms with van der Waals surface area (Å²) < 4.78 is 0. The molecule has 4 N–H and O–H groups in total. The Hall–Kier alpha value is -3.01. The number of benzene rings is 1. The summed E-state index contributed by atoms with van der Waals surface area (Å²) in [6.07, 6.45) is 1.06. The number of carbonyl (C=O) groups excluding carboxylic acids is 1. The minimum Gasteiger partial charge on any atom is -0.508 e. The summed E-state index contributed by atoms with van der Waals surface area (Å²) in [5.74, 6) is -1.51. The lowest BCUT2D eigenvalue weighted by molar-refractivity contribution is -0.136. The number of carbonyl (C=O) groups is 2. The van der Waals surface area contributed by atoms with Crippen LogP contribution in [0.25, 0.3) is 0 Å². The zero-order valence-electron chi connectivity index (χ0n) is 11.4. The molecule has 21 heavy (non-hydrogen) atoms. The van der Waals surface area contributed by atoms with E-state index in [9.17, 15) is 14.7 Å². The minimum absolute atomic E-state index is 0.0804. The predicted octanol–water partition coefficient (Wildman–Crippen LogP) is 1.11. The number of nitrogens with one attached hydrogen (secondary N) is 2. The van der Waals surface area contributed by atoms with E-state index >= 15 is 0 Å². The summed E-state index contributed by atoms with van der Waals surface area (Å²) in [6, 6.07) is 6.16. The molecule has 1 amide bonds. The van der Waals surface area contributed by atoms with Crippen LogP contribution in [0.4, 0.5) is 5.69 Å². The van der Waals surface area contributed by atoms with E-state index in [1.807, 2.05) is 0 Å². The third-order valence-electron chi connectivity index (χ3n) is 2.55. The van der Waals surface area contributed by atoms with Crippen LogP contribution in [0.1, 0.15) is 12.0 Å². The highest BCUT2D eigenvalue weighted by molar-refractivity contribution is 6.06. The van der Waals surface area contributed by atoms with E-state index in [-0.39, 0.29) is 24.3 Å². The van der Waals surface area contributed by atoms with Crippen molar-refractivity contribution in [2.75, 3.05) is 11.9 Å². The second-order valence-corrected chi connectivity index (χ2v) is 4.22. The monoisotopic (exact) mass is 289 g/mol. The highest BCUT2D eigenvalue weighted by Crippen LogP contribution is 2.20. The van der Waals surface area contributed by atoms with Gasteiger partial charge in [0.1, 0.15) is 17.4 Å². The highest BCUT2D eigenvalue weighted by atomic mass is 16.4. The zero-order valence-corrected chi connectivity index (χ0v) is 11.4. The number of aromatic hydroxyl groups is 1. The first-order valence-electron chi connectivity index (χ1n) is 6.10. The molecule has 0 saturated carbocycles. The number of phenolic OH excluding ortho intramolecular Hbond substituents is 1. The average molecular weight is 289 g/mol. The van der Waals surface area contributed by atoms with Gasteiger partial charge in [0.25, 0.3) is 5.91 Å². The number of hydrogen-bond acceptors (Lipinski definition) is 5. The molecule has 0 unspecified atom stereocenters. The predicted molar refractivity (Wildman–Crippen MR) is 75.4 cm³/mol. The maximum atomic E-state index is 11.9. The Balaban J connectivity index is 2.69. The third kappa shape index (κ3) is 5.24. The Labute approximate surface area is 121 Å². The molecule has 0 radical (unpaired) electrons. The van der Waals surface area contributed by atoms with Crippen LogP contribution in [0.15, 0.2) is 30.0 Å². The van der Waals surface area contributed by atoms with Crippen LogP contribution in [-0.2, 0) is 9.59 Å². The first kappa shape index (κ1) is 16.0. The lowest BCUT2D eigenvalue weighted by Crippen LogP contribution is -2.18. The first-order chi connectivity index (χ1) is 9.93. The van der Waals surface area contributed by atoms with Crippen LogP contribution < -0.4 is 10.6 Å². The number of aliphatic carboxylic acids is 1. The molecule has 0 heterocycles. The van der Waals surface area contributed by atoms with Crippen molar-refractivity contribution in [1.29, 1.82) is 5.26 Å². The van der Waals surface area contributed by atoms with Gasteiger partial charge in [0, 0.05) is 18.4 Å². The molecule has 0 aliphatic rings. The van der Waals surface area contributed by atoms with Gasteiger partial charge in [-0.2, -0.15) is 5.26 Å². The molecular formula is C14H15N3O4. The molecule has 0 bridgehead atoms. The van der Waals surface area contributed by atoms with Gasteiger partial charge in [-0.15, -0.1) is 0 Å². The Kier molecular flexibility index (Phi) is 5.77. The molecule has 0 atom stereocenters. The fourth-order valence-electron chi connectivity index (χ4n) is 1.48. The highest BCUT2D eigenvalue weighted by Gasteiger charge is 2.10. The van der Waals surface area contributed by atoms with Crippen molar-refractivity contribution >= 4 is 17.6 Å². The molecule has 7 nitrogen and oxygen atoms in total. The van der Waals surface area contributed by atoms with Gasteiger partial charge < -0.3 is 20.8 Å². The van der Waals surface area contributed by atoms with Crippen molar-refractivity contribution < 1.29 is 19.8 Å². The lowest BCUT2D eigenvalue weighted by atomic mass is 10.2. The number of aryl methyl sites for hydroxylation is 1. The van der Waals surface area contributed by atoms with Crippen LogP contribution >= 0.6 is 0 Å². The first-order valence-corrected chi connectivity index (χ1v) is 6.10. The van der Waals surface area contributed by atoms with Gasteiger partial charge in [-0.3, -0.25) is 9.59 Å². The molecule has 0 aromatic heterocycles. The molecule has 7 heteroatoms. The summed E-state index contributed by atoms with van der Waals surface area (Å²) in [4.78, 5) is 22.2. The summed E-state index contributed by atoms with van der Waals surface area (Å²) in [7, 11) is 0. The molecule has 0 aliphatic heterocycles. The van der Waals surface area contributed by atoms with Crippen LogP contribution in [0.5, 0.6) is 5.75 Å². The number of hydrogen-bond donors (Lipinski definition) is 4. The van der Waals surface area contributed by atoms with Crippen molar-refractivity contribution in [3.05, 3.63) is 35.5 Å². The van der Waals surface area contributed by atoms with E-state index < -0.39 is 11.9 Å². The Morgan fingerprint density at radius 2 is 2.14 bits per heavy atom. The Bertz CT molecular complexity index is 617. The SMILES string of the molecule is Cc1cc(O)ccc1NC(=O)/C(C#N)=C\NCCC(=O)O. The Morgan fingerprint density at radius 3 is 2.71 bits per heavy atom. The largest absolute Gasteiger partial charge is 0.508 e. The molecule has 1 rings (SSSR count). The van der Waals surface area contributed by atoms with Gasteiger partial charge in [0.15, 0.2) is 0 Å². The van der Waals surface area contributed by atoms with Gasteiger partial charge in [0.2, 0.25) is 0 Å². The van der Waals surface area contributed by atoms with Crippen molar-refractivity contribution in [2.45, 2.75) is 13.3 Å². The van der Waals surface area contributed by atoms with E-state index in [0.717, 1.165) is 0 Å². The van der Waals surface area contributed by atoms with Gasteiger partial charge >= 0.3 is 5.97 Å². The zero-order chi connectivity index (χ0) is 15.8. The smallest absolute Gasteiger partial charge is 0.305 e. The number of anilines is 1. The van der Waals surface area contributed by atoms with E-state index in [1.165, 1.54) is 24.4 Å². The summed E-state index contributed by atoms with van der Waals surface area (Å²) in [5.41, 5.74) is 0.955. The molecule has 1 aromatic rings. The number of phenols is 1. The number of rotatable bonds is 6. The average Bonchev–Trinajstić information content (AvgIpc) is 2.41. The summed E-state index contributed by atoms with van der Waals surface area (Å²) >= 11 is 0. The van der Waals surface area contributed by atoms with Crippen molar-refractivity contribution in [3.63, 3.8) is 0 Å². The van der Waals surface area contributed by atoms with Gasteiger partial charge in [0.05, 0.1) is 6.42 Å². The second-order valence-electron chi connectivity index (χ2n) is 4.22. The Morgan fingerprint density at radius 1 is 1.43 bits per heavy atom.